The number of fused-ring (bicyclic) bond motifs is 1. The molecule has 1 saturated carbocycles. The van der Waals surface area contributed by atoms with E-state index in [2.05, 4.69) is 68.6 Å². The second-order valence-electron chi connectivity index (χ2n) is 7.57. The number of rotatable bonds is 2. The maximum atomic E-state index is 3.83. The largest absolute Gasteiger partial charge is 0.382 e. The molecular weight excluding hydrogens is 254 g/mol. The Hall–Kier alpha value is -1.50. The molecule has 0 radical (unpaired) electrons. The summed E-state index contributed by atoms with van der Waals surface area (Å²) in [5.41, 5.74) is 1.66. The van der Waals surface area contributed by atoms with Crippen LogP contribution in [-0.4, -0.2) is 6.04 Å². The van der Waals surface area contributed by atoms with Crippen LogP contribution in [0.3, 0.4) is 0 Å². The Morgan fingerprint density at radius 2 is 1.62 bits per heavy atom. The molecule has 1 nitrogen and oxygen atoms in total. The summed E-state index contributed by atoms with van der Waals surface area (Å²) in [5.74, 6) is 0.762. The van der Waals surface area contributed by atoms with Crippen LogP contribution in [-0.2, 0) is 0 Å². The van der Waals surface area contributed by atoms with Crippen LogP contribution in [0.4, 0.5) is 5.69 Å². The van der Waals surface area contributed by atoms with Crippen molar-refractivity contribution in [1.82, 2.24) is 0 Å². The van der Waals surface area contributed by atoms with E-state index in [0.717, 1.165) is 5.92 Å². The van der Waals surface area contributed by atoms with Gasteiger partial charge in [-0.1, -0.05) is 63.9 Å². The molecule has 0 heterocycles. The van der Waals surface area contributed by atoms with E-state index in [1.165, 1.54) is 42.1 Å². The van der Waals surface area contributed by atoms with Gasteiger partial charge in [-0.05, 0) is 47.1 Å². The molecule has 3 rings (SSSR count). The van der Waals surface area contributed by atoms with Crippen molar-refractivity contribution in [2.24, 2.45) is 11.3 Å². The zero-order chi connectivity index (χ0) is 14.9. The summed E-state index contributed by atoms with van der Waals surface area (Å²) in [5, 5.41) is 6.47. The lowest BCUT2D eigenvalue weighted by Crippen LogP contribution is -2.39. The Labute approximate surface area is 128 Å². The van der Waals surface area contributed by atoms with Crippen LogP contribution in [0, 0.1) is 11.3 Å². The fourth-order valence-electron chi connectivity index (χ4n) is 3.83. The minimum absolute atomic E-state index is 0.384. The number of benzene rings is 2. The molecule has 112 valence electrons. The average Bonchev–Trinajstić information content (AvgIpc) is 2.46. The maximum Gasteiger partial charge on any atom is 0.0348 e. The predicted molar refractivity (Wildman–Crippen MR) is 92.8 cm³/mol. The lowest BCUT2D eigenvalue weighted by Gasteiger charge is -2.41. The van der Waals surface area contributed by atoms with Gasteiger partial charge in [0, 0.05) is 11.7 Å². The smallest absolute Gasteiger partial charge is 0.0348 e. The molecule has 1 aliphatic carbocycles. The van der Waals surface area contributed by atoms with Crippen molar-refractivity contribution < 1.29 is 0 Å². The highest BCUT2D eigenvalue weighted by Crippen LogP contribution is 2.39. The fourth-order valence-corrected chi connectivity index (χ4v) is 3.83. The highest BCUT2D eigenvalue weighted by atomic mass is 14.9. The normalized spacial score (nSPS) is 23.2. The van der Waals surface area contributed by atoms with E-state index in [1.54, 1.807) is 0 Å². The summed E-state index contributed by atoms with van der Waals surface area (Å²) < 4.78 is 0. The van der Waals surface area contributed by atoms with Crippen LogP contribution in [0.2, 0.25) is 0 Å². The minimum atomic E-state index is 0.384. The quantitative estimate of drug-likeness (QED) is 0.727. The molecule has 21 heavy (non-hydrogen) atoms. The van der Waals surface area contributed by atoms with Gasteiger partial charge in [-0.25, -0.2) is 0 Å². The van der Waals surface area contributed by atoms with E-state index < -0.39 is 0 Å². The lowest BCUT2D eigenvalue weighted by atomic mass is 9.69. The highest BCUT2D eigenvalue weighted by Gasteiger charge is 2.33. The summed E-state index contributed by atoms with van der Waals surface area (Å²) in [6, 6.07) is 16.0. The third-order valence-corrected chi connectivity index (χ3v) is 4.98. The van der Waals surface area contributed by atoms with Crippen LogP contribution in [0.25, 0.3) is 10.8 Å². The topological polar surface area (TPSA) is 12.0 Å². The van der Waals surface area contributed by atoms with Gasteiger partial charge in [0.1, 0.15) is 0 Å². The summed E-state index contributed by atoms with van der Waals surface area (Å²) in [7, 11) is 0. The number of hydrogen-bond donors (Lipinski definition) is 1. The Morgan fingerprint density at radius 1 is 0.905 bits per heavy atom. The Balaban J connectivity index is 1.82. The predicted octanol–water partition coefficient (Wildman–Crippen LogP) is 5.86. The van der Waals surface area contributed by atoms with Gasteiger partial charge in [0.2, 0.25) is 0 Å². The van der Waals surface area contributed by atoms with Crippen molar-refractivity contribution in [3.05, 3.63) is 42.5 Å². The summed E-state index contributed by atoms with van der Waals surface area (Å²) in [4.78, 5) is 0. The molecule has 0 spiro atoms. The van der Waals surface area contributed by atoms with Gasteiger partial charge in [-0.2, -0.15) is 0 Å². The first kappa shape index (κ1) is 14.4. The Kier molecular flexibility index (Phi) is 3.93. The summed E-state index contributed by atoms with van der Waals surface area (Å²) in [6.07, 6.45) is 5.40. The van der Waals surface area contributed by atoms with Crippen molar-refractivity contribution in [3.63, 3.8) is 0 Å². The Bertz CT molecular complexity index is 609. The molecule has 0 aliphatic heterocycles. The molecule has 2 unspecified atom stereocenters. The van der Waals surface area contributed by atoms with Crippen molar-refractivity contribution in [3.8, 4) is 0 Å². The third-order valence-electron chi connectivity index (χ3n) is 4.98. The fraction of sp³-hybridized carbons (Fsp3) is 0.500. The van der Waals surface area contributed by atoms with Gasteiger partial charge in [0.25, 0.3) is 0 Å². The molecule has 1 heteroatoms. The molecular formula is C20H27N. The molecule has 0 saturated heterocycles. The molecule has 1 fully saturated rings. The first-order valence-corrected chi connectivity index (χ1v) is 8.29. The SMILES string of the molecule is CC(C)(C)C1CCCCC1Nc1ccc2ccccc2c1. The monoisotopic (exact) mass is 281 g/mol. The van der Waals surface area contributed by atoms with Crippen LogP contribution in [0.15, 0.2) is 42.5 Å². The zero-order valence-electron chi connectivity index (χ0n) is 13.5. The van der Waals surface area contributed by atoms with Gasteiger partial charge in [0.15, 0.2) is 0 Å². The minimum Gasteiger partial charge on any atom is -0.382 e. The Morgan fingerprint density at radius 3 is 2.38 bits per heavy atom. The number of hydrogen-bond acceptors (Lipinski definition) is 1. The number of anilines is 1. The van der Waals surface area contributed by atoms with Crippen LogP contribution >= 0.6 is 0 Å². The maximum absolute atomic E-state index is 3.83. The van der Waals surface area contributed by atoms with Gasteiger partial charge in [0.05, 0.1) is 0 Å². The lowest BCUT2D eigenvalue weighted by molar-refractivity contribution is 0.163. The van der Waals surface area contributed by atoms with Crippen LogP contribution in [0.5, 0.6) is 0 Å². The van der Waals surface area contributed by atoms with Crippen molar-refractivity contribution in [1.29, 1.82) is 0 Å². The molecule has 2 atom stereocenters. The standard InChI is InChI=1S/C20H27N/c1-20(2,3)18-10-6-7-11-19(18)21-17-13-12-15-8-4-5-9-16(15)14-17/h4-5,8-9,12-14,18-19,21H,6-7,10-11H2,1-3H3. The van der Waals surface area contributed by atoms with Gasteiger partial charge >= 0.3 is 0 Å². The zero-order valence-corrected chi connectivity index (χ0v) is 13.5. The third kappa shape index (κ3) is 3.23. The van der Waals surface area contributed by atoms with E-state index in [1.807, 2.05) is 0 Å². The van der Waals surface area contributed by atoms with Crippen molar-refractivity contribution in [2.75, 3.05) is 5.32 Å². The molecule has 1 N–H and O–H groups in total. The average molecular weight is 281 g/mol. The molecule has 2 aromatic rings. The van der Waals surface area contributed by atoms with Gasteiger partial charge < -0.3 is 5.32 Å². The van der Waals surface area contributed by atoms with Crippen LogP contribution < -0.4 is 5.32 Å². The molecule has 0 aromatic heterocycles. The van der Waals surface area contributed by atoms with Gasteiger partial charge in [-0.3, -0.25) is 0 Å². The van der Waals surface area contributed by atoms with E-state index in [4.69, 9.17) is 0 Å². The van der Waals surface area contributed by atoms with Crippen molar-refractivity contribution >= 4 is 16.5 Å². The molecule has 1 aliphatic rings. The molecule has 2 aromatic carbocycles. The van der Waals surface area contributed by atoms with E-state index in [9.17, 15) is 0 Å². The summed E-state index contributed by atoms with van der Waals surface area (Å²) in [6.45, 7) is 7.16. The van der Waals surface area contributed by atoms with E-state index in [0.29, 0.717) is 11.5 Å². The van der Waals surface area contributed by atoms with E-state index in [-0.39, 0.29) is 0 Å². The molecule has 0 amide bonds. The second kappa shape index (κ2) is 5.71. The van der Waals surface area contributed by atoms with E-state index >= 15 is 0 Å². The van der Waals surface area contributed by atoms with Gasteiger partial charge in [-0.15, -0.1) is 0 Å². The van der Waals surface area contributed by atoms with Crippen LogP contribution in [0.1, 0.15) is 46.5 Å². The number of nitrogens with one attached hydrogen (secondary N) is 1. The second-order valence-corrected chi connectivity index (χ2v) is 7.57. The molecule has 0 bridgehead atoms. The first-order valence-electron chi connectivity index (χ1n) is 8.29. The highest BCUT2D eigenvalue weighted by molar-refractivity contribution is 5.85. The first-order chi connectivity index (χ1) is 10.0. The summed E-state index contributed by atoms with van der Waals surface area (Å²) >= 11 is 0. The van der Waals surface area contributed by atoms with Crippen molar-refractivity contribution in [2.45, 2.75) is 52.5 Å².